The van der Waals surface area contributed by atoms with Crippen molar-refractivity contribution in [1.29, 1.82) is 0 Å². The average Bonchev–Trinajstić information content (AvgIpc) is 2.37. The second kappa shape index (κ2) is 6.81. The molecule has 0 aliphatic carbocycles. The fourth-order valence-electron chi connectivity index (χ4n) is 2.28. The zero-order chi connectivity index (χ0) is 15.5. The summed E-state index contributed by atoms with van der Waals surface area (Å²) < 4.78 is 6.58. The number of hydrogen-bond donors (Lipinski definition) is 1. The van der Waals surface area contributed by atoms with Crippen molar-refractivity contribution in [1.82, 2.24) is 9.88 Å². The number of ether oxygens (including phenoxy) is 1. The first kappa shape index (κ1) is 16.3. The van der Waals surface area contributed by atoms with E-state index in [2.05, 4.69) is 32.9 Å². The van der Waals surface area contributed by atoms with Crippen molar-refractivity contribution in [2.75, 3.05) is 18.4 Å². The topological polar surface area (TPSA) is 54.5 Å². The zero-order valence-electron chi connectivity index (χ0n) is 12.7. The maximum atomic E-state index is 12.1. The molecule has 0 spiro atoms. The molecule has 2 rings (SSSR count). The highest BCUT2D eigenvalue weighted by Crippen LogP contribution is 2.18. The minimum absolute atomic E-state index is 0.219. The molecule has 2 heterocycles. The minimum atomic E-state index is -0.450. The number of nitrogens with zero attached hydrogens (tertiary/aromatic N) is 2. The van der Waals surface area contributed by atoms with Crippen LogP contribution in [-0.4, -0.2) is 40.7 Å². The number of halogens is 1. The largest absolute Gasteiger partial charge is 0.444 e. The van der Waals surface area contributed by atoms with Gasteiger partial charge in [0.1, 0.15) is 11.4 Å². The van der Waals surface area contributed by atoms with Crippen LogP contribution in [0.25, 0.3) is 0 Å². The molecule has 0 bridgehead atoms. The van der Waals surface area contributed by atoms with E-state index in [1.807, 2.05) is 32.9 Å². The van der Waals surface area contributed by atoms with Gasteiger partial charge in [0.05, 0.1) is 0 Å². The number of pyridine rings is 1. The number of likely N-dealkylation sites (tertiary alicyclic amines) is 1. The molecule has 21 heavy (non-hydrogen) atoms. The summed E-state index contributed by atoms with van der Waals surface area (Å²) in [6, 6.07) is 4.18. The Labute approximate surface area is 139 Å². The normalized spacial score (nSPS) is 19.2. The third-order valence-corrected chi connectivity index (χ3v) is 3.82. The molecule has 0 aromatic carbocycles. The van der Waals surface area contributed by atoms with Crippen molar-refractivity contribution in [3.63, 3.8) is 0 Å². The molecule has 1 fully saturated rings. The van der Waals surface area contributed by atoms with E-state index in [-0.39, 0.29) is 12.1 Å². The third kappa shape index (κ3) is 5.33. The van der Waals surface area contributed by atoms with Gasteiger partial charge in [-0.1, -0.05) is 0 Å². The Hall–Kier alpha value is -1.05. The zero-order valence-corrected chi connectivity index (χ0v) is 14.9. The molecule has 1 atom stereocenters. The fraction of sp³-hybridized carbons (Fsp3) is 0.600. The predicted octanol–water partition coefficient (Wildman–Crippen LogP) is 3.50. The number of aromatic nitrogens is 1. The van der Waals surface area contributed by atoms with E-state index in [0.717, 1.165) is 28.8 Å². The lowest BCUT2D eigenvalue weighted by atomic mass is 10.1. The van der Waals surface area contributed by atoms with Crippen molar-refractivity contribution in [3.8, 4) is 0 Å². The first-order chi connectivity index (χ1) is 9.83. The van der Waals surface area contributed by atoms with Gasteiger partial charge in [-0.3, -0.25) is 0 Å². The molecule has 1 aliphatic heterocycles. The molecule has 5 nitrogen and oxygen atoms in total. The molecular weight excluding hydrogens is 381 g/mol. The Kier molecular flexibility index (Phi) is 5.29. The molecular formula is C15H22IN3O2. The summed E-state index contributed by atoms with van der Waals surface area (Å²) in [5.41, 5.74) is -0.450. The Morgan fingerprint density at radius 1 is 1.52 bits per heavy atom. The maximum absolute atomic E-state index is 12.1. The maximum Gasteiger partial charge on any atom is 0.410 e. The molecule has 1 aliphatic rings. The van der Waals surface area contributed by atoms with Crippen molar-refractivity contribution < 1.29 is 9.53 Å². The van der Waals surface area contributed by atoms with E-state index in [0.29, 0.717) is 6.54 Å². The van der Waals surface area contributed by atoms with E-state index in [1.165, 1.54) is 0 Å². The monoisotopic (exact) mass is 403 g/mol. The molecule has 0 unspecified atom stereocenters. The van der Waals surface area contributed by atoms with Crippen molar-refractivity contribution in [2.24, 2.45) is 0 Å². The third-order valence-electron chi connectivity index (χ3n) is 3.15. The highest BCUT2D eigenvalue weighted by molar-refractivity contribution is 14.1. The molecule has 1 N–H and O–H groups in total. The number of piperidine rings is 1. The highest BCUT2D eigenvalue weighted by atomic mass is 127. The second-order valence-corrected chi connectivity index (χ2v) is 7.51. The number of rotatable bonds is 2. The van der Waals surface area contributed by atoms with Crippen LogP contribution >= 0.6 is 22.6 Å². The van der Waals surface area contributed by atoms with Gasteiger partial charge in [0.2, 0.25) is 0 Å². The van der Waals surface area contributed by atoms with Crippen LogP contribution in [0.15, 0.2) is 18.3 Å². The molecule has 6 heteroatoms. The van der Waals surface area contributed by atoms with Gasteiger partial charge in [0.15, 0.2) is 0 Å². The SMILES string of the molecule is CC(C)(C)OC(=O)N1CCC[C@@H](Nc2cc(I)ccn2)C1. The van der Waals surface area contributed by atoms with Crippen LogP contribution in [-0.2, 0) is 4.74 Å². The van der Waals surface area contributed by atoms with Crippen molar-refractivity contribution >= 4 is 34.5 Å². The lowest BCUT2D eigenvalue weighted by molar-refractivity contribution is 0.0206. The van der Waals surface area contributed by atoms with E-state index in [1.54, 1.807) is 11.1 Å². The van der Waals surface area contributed by atoms with E-state index >= 15 is 0 Å². The van der Waals surface area contributed by atoms with Gasteiger partial charge in [0.25, 0.3) is 0 Å². The summed E-state index contributed by atoms with van der Waals surface area (Å²) in [5, 5.41) is 3.40. The van der Waals surface area contributed by atoms with Gasteiger partial charge in [0, 0.05) is 28.9 Å². The van der Waals surface area contributed by atoms with Crippen LogP contribution in [0.4, 0.5) is 10.6 Å². The number of carbonyl (C=O) groups excluding carboxylic acids is 1. The standard InChI is InChI=1S/C15H22IN3O2/c1-15(2,3)21-14(20)19-8-4-5-12(10-19)18-13-9-11(16)6-7-17-13/h6-7,9,12H,4-5,8,10H2,1-3H3,(H,17,18)/t12-/m1/s1. The number of nitrogens with one attached hydrogen (secondary N) is 1. The van der Waals surface area contributed by atoms with Gasteiger partial charge in [-0.05, 0) is 68.3 Å². The van der Waals surface area contributed by atoms with Gasteiger partial charge in [-0.2, -0.15) is 0 Å². The van der Waals surface area contributed by atoms with E-state index < -0.39 is 5.60 Å². The summed E-state index contributed by atoms with van der Waals surface area (Å²) in [6.45, 7) is 7.08. The summed E-state index contributed by atoms with van der Waals surface area (Å²) >= 11 is 2.26. The summed E-state index contributed by atoms with van der Waals surface area (Å²) in [5.74, 6) is 0.859. The van der Waals surface area contributed by atoms with Gasteiger partial charge >= 0.3 is 6.09 Å². The van der Waals surface area contributed by atoms with Crippen molar-refractivity contribution in [3.05, 3.63) is 21.9 Å². The lowest BCUT2D eigenvalue weighted by Gasteiger charge is -2.34. The molecule has 0 saturated carbocycles. The van der Waals surface area contributed by atoms with Gasteiger partial charge in [-0.25, -0.2) is 9.78 Å². The number of hydrogen-bond acceptors (Lipinski definition) is 4. The molecule has 1 amide bonds. The molecule has 116 valence electrons. The van der Waals surface area contributed by atoms with Crippen molar-refractivity contribution in [2.45, 2.75) is 45.3 Å². The first-order valence-electron chi connectivity index (χ1n) is 7.19. The Morgan fingerprint density at radius 3 is 2.95 bits per heavy atom. The van der Waals surface area contributed by atoms with Crippen LogP contribution in [0.1, 0.15) is 33.6 Å². The smallest absolute Gasteiger partial charge is 0.410 e. The Balaban J connectivity index is 1.93. The molecule has 1 aromatic rings. The van der Waals surface area contributed by atoms with E-state index in [4.69, 9.17) is 4.74 Å². The summed E-state index contributed by atoms with van der Waals surface area (Å²) in [6.07, 6.45) is 3.57. The fourth-order valence-corrected chi connectivity index (χ4v) is 2.74. The lowest BCUT2D eigenvalue weighted by Crippen LogP contribution is -2.47. The predicted molar refractivity (Wildman–Crippen MR) is 91.4 cm³/mol. The van der Waals surface area contributed by atoms with Gasteiger partial charge < -0.3 is 15.0 Å². The Bertz CT molecular complexity index is 502. The quantitative estimate of drug-likeness (QED) is 0.769. The first-order valence-corrected chi connectivity index (χ1v) is 8.27. The molecule has 1 saturated heterocycles. The van der Waals surface area contributed by atoms with Crippen LogP contribution < -0.4 is 5.32 Å². The summed E-state index contributed by atoms with van der Waals surface area (Å²) in [4.78, 5) is 18.2. The van der Waals surface area contributed by atoms with Crippen LogP contribution in [0.5, 0.6) is 0 Å². The minimum Gasteiger partial charge on any atom is -0.444 e. The molecule has 1 aromatic heterocycles. The van der Waals surface area contributed by atoms with Crippen LogP contribution in [0, 0.1) is 3.57 Å². The Morgan fingerprint density at radius 2 is 2.29 bits per heavy atom. The van der Waals surface area contributed by atoms with Crippen LogP contribution in [0.2, 0.25) is 0 Å². The molecule has 0 radical (unpaired) electrons. The highest BCUT2D eigenvalue weighted by Gasteiger charge is 2.27. The number of carbonyl (C=O) groups is 1. The number of amides is 1. The summed E-state index contributed by atoms with van der Waals surface area (Å²) in [7, 11) is 0. The van der Waals surface area contributed by atoms with Gasteiger partial charge in [-0.15, -0.1) is 0 Å². The van der Waals surface area contributed by atoms with E-state index in [9.17, 15) is 4.79 Å². The number of anilines is 1. The second-order valence-electron chi connectivity index (χ2n) is 6.27. The van der Waals surface area contributed by atoms with Crippen LogP contribution in [0.3, 0.4) is 0 Å². The average molecular weight is 403 g/mol.